The molecule has 0 atom stereocenters. The van der Waals surface area contributed by atoms with Gasteiger partial charge < -0.3 is 15.7 Å². The van der Waals surface area contributed by atoms with Crippen LogP contribution in [0.2, 0.25) is 0 Å². The molecule has 7 nitrogen and oxygen atoms in total. The Morgan fingerprint density at radius 2 is 1.87 bits per heavy atom. The number of carbonyl (C=O) groups is 1. The number of nitrogens with zero attached hydrogens (tertiary/aromatic N) is 1. The highest BCUT2D eigenvalue weighted by molar-refractivity contribution is 7.80. The van der Waals surface area contributed by atoms with Crippen LogP contribution in [-0.4, -0.2) is 27.7 Å². The van der Waals surface area contributed by atoms with E-state index < -0.39 is 10.9 Å². The zero-order valence-corrected chi connectivity index (χ0v) is 13.3. The van der Waals surface area contributed by atoms with Crippen molar-refractivity contribution < 1.29 is 14.8 Å². The van der Waals surface area contributed by atoms with Crippen molar-refractivity contribution in [3.63, 3.8) is 0 Å². The summed E-state index contributed by atoms with van der Waals surface area (Å²) in [5.74, 6) is -0.495. The number of hydrogen-bond donors (Lipinski definition) is 3. The molecule has 1 fully saturated rings. The van der Waals surface area contributed by atoms with Crippen LogP contribution in [0, 0.1) is 22.0 Å². The summed E-state index contributed by atoms with van der Waals surface area (Å²) in [5, 5.41) is 26.1. The molecule has 1 aliphatic carbocycles. The summed E-state index contributed by atoms with van der Waals surface area (Å²) >= 11 is 5.20. The molecule has 124 valence electrons. The molecular formula is C15H19N3O4S. The molecule has 0 aromatic heterocycles. The molecule has 0 saturated heterocycles. The van der Waals surface area contributed by atoms with Gasteiger partial charge in [-0.15, -0.1) is 0 Å². The second-order valence-electron chi connectivity index (χ2n) is 5.69. The fourth-order valence-electron chi connectivity index (χ4n) is 2.69. The molecule has 0 spiro atoms. The molecule has 23 heavy (non-hydrogen) atoms. The third kappa shape index (κ3) is 5.17. The van der Waals surface area contributed by atoms with Gasteiger partial charge in [-0.3, -0.25) is 14.9 Å². The van der Waals surface area contributed by atoms with Gasteiger partial charge in [0.05, 0.1) is 10.8 Å². The Morgan fingerprint density at radius 1 is 1.26 bits per heavy atom. The lowest BCUT2D eigenvalue weighted by atomic mass is 9.82. The number of rotatable bonds is 5. The van der Waals surface area contributed by atoms with Crippen LogP contribution in [0.5, 0.6) is 0 Å². The van der Waals surface area contributed by atoms with E-state index in [9.17, 15) is 14.9 Å². The molecule has 1 aromatic carbocycles. The van der Waals surface area contributed by atoms with Crippen molar-refractivity contribution in [3.05, 3.63) is 34.4 Å². The molecule has 0 unspecified atom stereocenters. The highest BCUT2D eigenvalue weighted by atomic mass is 32.1. The lowest BCUT2D eigenvalue weighted by molar-refractivity contribution is -0.384. The maximum atomic E-state index is 10.9. The number of benzene rings is 1. The Balaban J connectivity index is 1.73. The van der Waals surface area contributed by atoms with E-state index in [1.165, 1.54) is 12.1 Å². The van der Waals surface area contributed by atoms with Crippen LogP contribution in [-0.2, 0) is 4.79 Å². The second-order valence-corrected chi connectivity index (χ2v) is 6.10. The first-order chi connectivity index (χ1) is 11.0. The van der Waals surface area contributed by atoms with Crippen molar-refractivity contribution in [2.24, 2.45) is 11.8 Å². The van der Waals surface area contributed by atoms with E-state index in [1.54, 1.807) is 12.1 Å². The predicted molar refractivity (Wildman–Crippen MR) is 90.4 cm³/mol. The molecule has 1 aromatic rings. The molecule has 1 saturated carbocycles. The Morgan fingerprint density at radius 3 is 2.39 bits per heavy atom. The maximum absolute atomic E-state index is 10.9. The van der Waals surface area contributed by atoms with E-state index in [0.29, 0.717) is 36.1 Å². The predicted octanol–water partition coefficient (Wildman–Crippen LogP) is 2.77. The first-order valence-electron chi connectivity index (χ1n) is 7.48. The van der Waals surface area contributed by atoms with Gasteiger partial charge in [0.15, 0.2) is 5.11 Å². The maximum Gasteiger partial charge on any atom is 0.306 e. The summed E-state index contributed by atoms with van der Waals surface area (Å²) in [6.45, 7) is 0.700. The zero-order valence-electron chi connectivity index (χ0n) is 12.5. The molecule has 0 bridgehead atoms. The Labute approximate surface area is 139 Å². The summed E-state index contributed by atoms with van der Waals surface area (Å²) in [5.41, 5.74) is 0.715. The number of non-ortho nitro benzene ring substituents is 1. The molecule has 0 amide bonds. The number of anilines is 1. The van der Waals surface area contributed by atoms with Gasteiger partial charge in [0.1, 0.15) is 0 Å². The van der Waals surface area contributed by atoms with Crippen LogP contribution in [0.1, 0.15) is 25.7 Å². The first kappa shape index (κ1) is 17.1. The number of nitro benzene ring substituents is 1. The van der Waals surface area contributed by atoms with E-state index in [4.69, 9.17) is 17.3 Å². The highest BCUT2D eigenvalue weighted by Crippen LogP contribution is 2.28. The van der Waals surface area contributed by atoms with E-state index in [2.05, 4.69) is 10.6 Å². The minimum absolute atomic E-state index is 0.0321. The monoisotopic (exact) mass is 337 g/mol. The van der Waals surface area contributed by atoms with Crippen molar-refractivity contribution in [3.8, 4) is 0 Å². The number of nitro groups is 1. The molecular weight excluding hydrogens is 318 g/mol. The van der Waals surface area contributed by atoms with Gasteiger partial charge >= 0.3 is 5.97 Å². The highest BCUT2D eigenvalue weighted by Gasteiger charge is 2.25. The molecule has 0 radical (unpaired) electrons. The minimum atomic E-state index is -0.702. The number of thiocarbonyl (C=S) groups is 1. The van der Waals surface area contributed by atoms with Crippen LogP contribution in [0.15, 0.2) is 24.3 Å². The van der Waals surface area contributed by atoms with Crippen LogP contribution < -0.4 is 10.6 Å². The van der Waals surface area contributed by atoms with Crippen LogP contribution >= 0.6 is 12.2 Å². The van der Waals surface area contributed by atoms with Crippen molar-refractivity contribution in [2.45, 2.75) is 25.7 Å². The number of nitrogens with one attached hydrogen (secondary N) is 2. The fraction of sp³-hybridized carbons (Fsp3) is 0.467. The first-order valence-corrected chi connectivity index (χ1v) is 7.88. The number of carboxylic acid groups (broad SMARTS) is 1. The number of carboxylic acids is 1. The van der Waals surface area contributed by atoms with Gasteiger partial charge in [-0.2, -0.15) is 0 Å². The summed E-state index contributed by atoms with van der Waals surface area (Å²) < 4.78 is 0. The van der Waals surface area contributed by atoms with Crippen molar-refractivity contribution in [1.29, 1.82) is 0 Å². The number of hydrogen-bond acceptors (Lipinski definition) is 4. The largest absolute Gasteiger partial charge is 0.481 e. The van der Waals surface area contributed by atoms with Crippen LogP contribution in [0.25, 0.3) is 0 Å². The molecule has 2 rings (SSSR count). The second kappa shape index (κ2) is 7.87. The van der Waals surface area contributed by atoms with E-state index in [0.717, 1.165) is 12.8 Å². The van der Waals surface area contributed by atoms with Gasteiger partial charge in [0.25, 0.3) is 5.69 Å². The Kier molecular flexibility index (Phi) is 5.86. The SMILES string of the molecule is O=C(O)C1CCC(CNC(=S)Nc2ccc([N+](=O)[O-])cc2)CC1. The van der Waals surface area contributed by atoms with Crippen molar-refractivity contribution in [2.75, 3.05) is 11.9 Å². The third-order valence-corrected chi connectivity index (χ3v) is 4.33. The lowest BCUT2D eigenvalue weighted by Gasteiger charge is -2.26. The normalized spacial score (nSPS) is 20.5. The number of aliphatic carboxylic acids is 1. The molecule has 0 aliphatic heterocycles. The smallest absolute Gasteiger partial charge is 0.306 e. The van der Waals surface area contributed by atoms with Crippen molar-refractivity contribution in [1.82, 2.24) is 5.32 Å². The van der Waals surface area contributed by atoms with Crippen LogP contribution in [0.4, 0.5) is 11.4 Å². The zero-order chi connectivity index (χ0) is 16.8. The Bertz CT molecular complexity index is 583. The van der Waals surface area contributed by atoms with E-state index in [-0.39, 0.29) is 11.6 Å². The third-order valence-electron chi connectivity index (χ3n) is 4.08. The molecule has 8 heteroatoms. The standard InChI is InChI=1S/C15H19N3O4S/c19-14(20)11-3-1-10(2-4-11)9-16-15(23)17-12-5-7-13(8-6-12)18(21)22/h5-8,10-11H,1-4,9H2,(H,19,20)(H2,16,17,23). The minimum Gasteiger partial charge on any atom is -0.481 e. The quantitative estimate of drug-likeness (QED) is 0.431. The van der Waals surface area contributed by atoms with Gasteiger partial charge in [0, 0.05) is 24.4 Å². The lowest BCUT2D eigenvalue weighted by Crippen LogP contribution is -2.34. The average Bonchev–Trinajstić information content (AvgIpc) is 2.54. The summed E-state index contributed by atoms with van der Waals surface area (Å²) in [6, 6.07) is 6.03. The van der Waals surface area contributed by atoms with Gasteiger partial charge in [-0.25, -0.2) is 0 Å². The Hall–Kier alpha value is -2.22. The molecule has 1 aliphatic rings. The van der Waals surface area contributed by atoms with Gasteiger partial charge in [0.2, 0.25) is 0 Å². The summed E-state index contributed by atoms with van der Waals surface area (Å²) in [6.07, 6.45) is 3.18. The van der Waals surface area contributed by atoms with Gasteiger partial charge in [-0.1, -0.05) is 0 Å². The van der Waals surface area contributed by atoms with E-state index in [1.807, 2.05) is 0 Å². The molecule has 3 N–H and O–H groups in total. The summed E-state index contributed by atoms with van der Waals surface area (Å²) in [4.78, 5) is 21.0. The van der Waals surface area contributed by atoms with E-state index >= 15 is 0 Å². The molecule has 0 heterocycles. The fourth-order valence-corrected chi connectivity index (χ4v) is 2.89. The topological polar surface area (TPSA) is 104 Å². The van der Waals surface area contributed by atoms with Crippen LogP contribution in [0.3, 0.4) is 0 Å². The van der Waals surface area contributed by atoms with Crippen molar-refractivity contribution >= 4 is 34.7 Å². The summed E-state index contributed by atoms with van der Waals surface area (Å²) in [7, 11) is 0. The average molecular weight is 337 g/mol. The van der Waals surface area contributed by atoms with Gasteiger partial charge in [-0.05, 0) is 56.0 Å².